The summed E-state index contributed by atoms with van der Waals surface area (Å²) in [6.45, 7) is 3.24. The summed E-state index contributed by atoms with van der Waals surface area (Å²) in [5.74, 6) is 0.724. The highest BCUT2D eigenvalue weighted by atomic mass is 32.1. The molecule has 1 N–H and O–H groups in total. The summed E-state index contributed by atoms with van der Waals surface area (Å²) >= 11 is 1.45. The SMILES string of the molecule is CCOc1ccc(CC(=O)Nc2ccc3c(c2)N(C(=O)c2cccs2)CCC3)cc1. The Bertz CT molecular complexity index is 1030. The van der Waals surface area contributed by atoms with Gasteiger partial charge < -0.3 is 15.0 Å². The highest BCUT2D eigenvalue weighted by molar-refractivity contribution is 7.12. The number of fused-ring (bicyclic) bond motifs is 1. The minimum Gasteiger partial charge on any atom is -0.494 e. The Balaban J connectivity index is 1.47. The van der Waals surface area contributed by atoms with Gasteiger partial charge >= 0.3 is 0 Å². The number of anilines is 2. The molecule has 6 heteroatoms. The normalized spacial score (nSPS) is 12.9. The molecule has 3 aromatic rings. The Morgan fingerprint density at radius 1 is 1.13 bits per heavy atom. The van der Waals surface area contributed by atoms with E-state index >= 15 is 0 Å². The van der Waals surface area contributed by atoms with Crippen molar-refractivity contribution in [1.82, 2.24) is 0 Å². The molecule has 0 radical (unpaired) electrons. The molecule has 2 aromatic carbocycles. The minimum absolute atomic E-state index is 0.0174. The molecule has 0 aliphatic carbocycles. The highest BCUT2D eigenvalue weighted by Gasteiger charge is 2.24. The van der Waals surface area contributed by atoms with Crippen molar-refractivity contribution in [1.29, 1.82) is 0 Å². The van der Waals surface area contributed by atoms with Gasteiger partial charge in [0.15, 0.2) is 0 Å². The smallest absolute Gasteiger partial charge is 0.268 e. The first-order valence-electron chi connectivity index (χ1n) is 10.1. The molecule has 5 nitrogen and oxygen atoms in total. The predicted octanol–water partition coefficient (Wildman–Crippen LogP) is 4.92. The Labute approximate surface area is 180 Å². The third-order valence-electron chi connectivity index (χ3n) is 5.06. The molecule has 0 saturated heterocycles. The van der Waals surface area contributed by atoms with E-state index in [0.717, 1.165) is 40.3 Å². The molecule has 0 unspecified atom stereocenters. The van der Waals surface area contributed by atoms with Crippen LogP contribution in [0.1, 0.15) is 34.1 Å². The van der Waals surface area contributed by atoms with E-state index in [0.29, 0.717) is 18.8 Å². The second kappa shape index (κ2) is 9.13. The third kappa shape index (κ3) is 4.54. The molecule has 0 bridgehead atoms. The van der Waals surface area contributed by atoms with Gasteiger partial charge in [-0.15, -0.1) is 11.3 Å². The number of benzene rings is 2. The number of rotatable bonds is 6. The first-order valence-corrected chi connectivity index (χ1v) is 11.0. The molecule has 2 amide bonds. The van der Waals surface area contributed by atoms with Crippen molar-refractivity contribution in [2.45, 2.75) is 26.2 Å². The lowest BCUT2D eigenvalue weighted by Crippen LogP contribution is -2.35. The number of thiophene rings is 1. The van der Waals surface area contributed by atoms with Gasteiger partial charge in [-0.1, -0.05) is 24.3 Å². The van der Waals surface area contributed by atoms with Crippen LogP contribution in [-0.4, -0.2) is 25.0 Å². The van der Waals surface area contributed by atoms with E-state index in [4.69, 9.17) is 4.74 Å². The lowest BCUT2D eigenvalue weighted by Gasteiger charge is -2.29. The largest absolute Gasteiger partial charge is 0.494 e. The van der Waals surface area contributed by atoms with Crippen LogP contribution in [0.2, 0.25) is 0 Å². The number of nitrogens with one attached hydrogen (secondary N) is 1. The Morgan fingerprint density at radius 2 is 1.97 bits per heavy atom. The van der Waals surface area contributed by atoms with Crippen LogP contribution in [-0.2, 0) is 17.6 Å². The average Bonchev–Trinajstić information content (AvgIpc) is 3.29. The summed E-state index contributed by atoms with van der Waals surface area (Å²) in [4.78, 5) is 28.0. The molecule has 0 atom stereocenters. The molecule has 2 heterocycles. The maximum absolute atomic E-state index is 12.9. The molecular formula is C24H24N2O3S. The van der Waals surface area contributed by atoms with Gasteiger partial charge in [0.25, 0.3) is 5.91 Å². The van der Waals surface area contributed by atoms with E-state index in [-0.39, 0.29) is 18.2 Å². The molecular weight excluding hydrogens is 396 g/mol. The van der Waals surface area contributed by atoms with Crippen LogP contribution in [0.3, 0.4) is 0 Å². The fourth-order valence-electron chi connectivity index (χ4n) is 3.66. The zero-order valence-corrected chi connectivity index (χ0v) is 17.7. The number of hydrogen-bond donors (Lipinski definition) is 1. The van der Waals surface area contributed by atoms with Crippen LogP contribution < -0.4 is 15.0 Å². The van der Waals surface area contributed by atoms with E-state index in [1.54, 1.807) is 0 Å². The Hall–Kier alpha value is -3.12. The summed E-state index contributed by atoms with van der Waals surface area (Å²) in [6.07, 6.45) is 2.15. The fourth-order valence-corrected chi connectivity index (χ4v) is 4.33. The van der Waals surface area contributed by atoms with Crippen LogP contribution in [0.4, 0.5) is 11.4 Å². The number of ether oxygens (including phenoxy) is 1. The van der Waals surface area contributed by atoms with Gasteiger partial charge in [0, 0.05) is 17.9 Å². The first kappa shape index (κ1) is 20.2. The lowest BCUT2D eigenvalue weighted by molar-refractivity contribution is -0.115. The quantitative estimate of drug-likeness (QED) is 0.616. The predicted molar refractivity (Wildman–Crippen MR) is 121 cm³/mol. The van der Waals surface area contributed by atoms with Gasteiger partial charge in [-0.25, -0.2) is 0 Å². The maximum atomic E-state index is 12.9. The fraction of sp³-hybridized carbons (Fsp3) is 0.250. The highest BCUT2D eigenvalue weighted by Crippen LogP contribution is 2.32. The number of carbonyl (C=O) groups is 2. The molecule has 30 heavy (non-hydrogen) atoms. The minimum atomic E-state index is -0.0916. The van der Waals surface area contributed by atoms with Crippen molar-refractivity contribution in [3.05, 3.63) is 76.0 Å². The van der Waals surface area contributed by atoms with Gasteiger partial charge in [-0.3, -0.25) is 9.59 Å². The van der Waals surface area contributed by atoms with Crippen LogP contribution >= 0.6 is 11.3 Å². The number of aryl methyl sites for hydroxylation is 1. The van der Waals surface area contributed by atoms with Gasteiger partial charge in [0.05, 0.1) is 17.9 Å². The Morgan fingerprint density at radius 3 is 2.70 bits per heavy atom. The van der Waals surface area contributed by atoms with Crippen molar-refractivity contribution in [2.75, 3.05) is 23.4 Å². The topological polar surface area (TPSA) is 58.6 Å². The molecule has 0 fully saturated rings. The summed E-state index contributed by atoms with van der Waals surface area (Å²) in [7, 11) is 0. The molecule has 1 aliphatic rings. The van der Waals surface area contributed by atoms with E-state index in [1.807, 2.05) is 71.8 Å². The summed E-state index contributed by atoms with van der Waals surface area (Å²) in [5.41, 5.74) is 3.65. The van der Waals surface area contributed by atoms with E-state index < -0.39 is 0 Å². The number of amides is 2. The van der Waals surface area contributed by atoms with E-state index in [1.165, 1.54) is 11.3 Å². The molecule has 0 saturated carbocycles. The van der Waals surface area contributed by atoms with Crippen molar-refractivity contribution in [3.63, 3.8) is 0 Å². The van der Waals surface area contributed by atoms with Crippen LogP contribution in [0.15, 0.2) is 60.0 Å². The molecule has 1 aromatic heterocycles. The second-order valence-electron chi connectivity index (χ2n) is 7.18. The molecule has 0 spiro atoms. The first-order chi connectivity index (χ1) is 14.6. The summed E-state index contributed by atoms with van der Waals surface area (Å²) in [6, 6.07) is 17.1. The van der Waals surface area contributed by atoms with E-state index in [9.17, 15) is 9.59 Å². The maximum Gasteiger partial charge on any atom is 0.268 e. The number of nitrogens with zero attached hydrogens (tertiary/aromatic N) is 1. The lowest BCUT2D eigenvalue weighted by atomic mass is 10.0. The molecule has 1 aliphatic heterocycles. The Kier molecular flexibility index (Phi) is 6.14. The van der Waals surface area contributed by atoms with Gasteiger partial charge in [-0.2, -0.15) is 0 Å². The van der Waals surface area contributed by atoms with Gasteiger partial charge in [-0.05, 0) is 66.6 Å². The molecule has 154 valence electrons. The van der Waals surface area contributed by atoms with Crippen LogP contribution in [0, 0.1) is 0 Å². The number of hydrogen-bond acceptors (Lipinski definition) is 4. The second-order valence-corrected chi connectivity index (χ2v) is 8.13. The molecule has 4 rings (SSSR count). The monoisotopic (exact) mass is 420 g/mol. The average molecular weight is 421 g/mol. The zero-order valence-electron chi connectivity index (χ0n) is 16.9. The van der Waals surface area contributed by atoms with Gasteiger partial charge in [0.1, 0.15) is 5.75 Å². The van der Waals surface area contributed by atoms with Crippen molar-refractivity contribution in [2.24, 2.45) is 0 Å². The van der Waals surface area contributed by atoms with Crippen molar-refractivity contribution in [3.8, 4) is 5.75 Å². The summed E-state index contributed by atoms with van der Waals surface area (Å²) < 4.78 is 5.44. The number of carbonyl (C=O) groups excluding carboxylic acids is 2. The van der Waals surface area contributed by atoms with Gasteiger partial charge in [0.2, 0.25) is 5.91 Å². The van der Waals surface area contributed by atoms with Crippen molar-refractivity contribution < 1.29 is 14.3 Å². The van der Waals surface area contributed by atoms with E-state index in [2.05, 4.69) is 5.32 Å². The standard InChI is InChI=1S/C24H24N2O3S/c1-2-29-20-11-7-17(8-12-20)15-23(27)25-19-10-9-18-5-3-13-26(21(18)16-19)24(28)22-6-4-14-30-22/h4,6-12,14,16H,2-3,5,13,15H2,1H3,(H,25,27). The summed E-state index contributed by atoms with van der Waals surface area (Å²) in [5, 5.41) is 4.88. The third-order valence-corrected chi connectivity index (χ3v) is 5.92. The van der Waals surface area contributed by atoms with Crippen LogP contribution in [0.5, 0.6) is 5.75 Å². The zero-order chi connectivity index (χ0) is 20.9. The van der Waals surface area contributed by atoms with Crippen LogP contribution in [0.25, 0.3) is 0 Å². The van der Waals surface area contributed by atoms with Crippen molar-refractivity contribution >= 4 is 34.5 Å².